The highest BCUT2D eigenvalue weighted by molar-refractivity contribution is 8.03. The summed E-state index contributed by atoms with van der Waals surface area (Å²) in [5, 5.41) is 3.94. The van der Waals surface area contributed by atoms with Gasteiger partial charge in [-0.2, -0.15) is 0 Å². The number of amides is 3. The van der Waals surface area contributed by atoms with Crippen molar-refractivity contribution in [2.45, 2.75) is 75.2 Å². The van der Waals surface area contributed by atoms with Gasteiger partial charge in [0.1, 0.15) is 17.0 Å². The van der Waals surface area contributed by atoms with E-state index in [0.717, 1.165) is 24.0 Å². The molecule has 2 aromatic carbocycles. The fraction of sp³-hybridized carbons (Fsp3) is 0.394. The molecule has 9 nitrogen and oxygen atoms in total. The van der Waals surface area contributed by atoms with Crippen LogP contribution in [0.3, 0.4) is 0 Å². The second-order valence-corrected chi connectivity index (χ2v) is 13.2. The van der Waals surface area contributed by atoms with E-state index in [4.69, 9.17) is 9.47 Å². The van der Waals surface area contributed by atoms with Crippen LogP contribution < -0.4 is 5.32 Å². The second-order valence-electron chi connectivity index (χ2n) is 12.2. The molecule has 4 aliphatic rings. The highest BCUT2D eigenvalue weighted by Crippen LogP contribution is 2.43. The summed E-state index contributed by atoms with van der Waals surface area (Å²) in [4.78, 5) is 56.7. The molecule has 1 N–H and O–H groups in total. The lowest BCUT2D eigenvalue weighted by Gasteiger charge is -2.51. The molecule has 3 fully saturated rings. The third-order valence-corrected chi connectivity index (χ3v) is 9.02. The van der Waals surface area contributed by atoms with Crippen LogP contribution >= 0.6 is 11.8 Å². The van der Waals surface area contributed by atoms with Crippen LogP contribution in [0.25, 0.3) is 0 Å². The van der Waals surface area contributed by atoms with Gasteiger partial charge in [-0.15, -0.1) is 11.8 Å². The predicted molar refractivity (Wildman–Crippen MR) is 162 cm³/mol. The molecule has 3 heterocycles. The maximum absolute atomic E-state index is 14.2. The smallest absolute Gasteiger partial charge is 0.408 e. The Hall–Kier alpha value is -4.05. The summed E-state index contributed by atoms with van der Waals surface area (Å²) < 4.78 is 11.6. The standard InChI is InChI=1S/C33H35N3O6S/c1-33(2,3)42-32(40)34-25-29(38)36-26(23(19-43-30(25)36)18-22-16-17-35(28(22)37)24-14-15-24)31(39)41-27(20-10-6-4-7-11-20)21-12-8-5-9-13-21/h4-13,18-19,24-27,30H,14-17H2,1-3H3,(H,34,40)/b22-18-/t25-,26-,30-/m1/s1. The minimum absolute atomic E-state index is 0.0199. The van der Waals surface area contributed by atoms with Crippen LogP contribution in [0.2, 0.25) is 0 Å². The van der Waals surface area contributed by atoms with Gasteiger partial charge >= 0.3 is 12.1 Å². The Bertz CT molecular complexity index is 1440. The van der Waals surface area contributed by atoms with Gasteiger partial charge in [-0.3, -0.25) is 9.59 Å². The van der Waals surface area contributed by atoms with E-state index in [0.29, 0.717) is 30.2 Å². The van der Waals surface area contributed by atoms with Crippen molar-refractivity contribution in [3.63, 3.8) is 0 Å². The summed E-state index contributed by atoms with van der Waals surface area (Å²) in [5.74, 6) is -1.05. The monoisotopic (exact) mass is 601 g/mol. The summed E-state index contributed by atoms with van der Waals surface area (Å²) in [7, 11) is 0. The second kappa shape index (κ2) is 11.6. The number of hydrogen-bond acceptors (Lipinski definition) is 7. The molecule has 2 aromatic rings. The summed E-state index contributed by atoms with van der Waals surface area (Å²) in [6.07, 6.45) is 2.96. The van der Waals surface area contributed by atoms with Gasteiger partial charge in [0, 0.05) is 18.2 Å². The van der Waals surface area contributed by atoms with E-state index in [9.17, 15) is 19.2 Å². The fourth-order valence-corrected chi connectivity index (χ4v) is 6.87. The van der Waals surface area contributed by atoms with Crippen molar-refractivity contribution in [3.05, 3.63) is 94.4 Å². The van der Waals surface area contributed by atoms with Crippen LogP contribution in [-0.2, 0) is 23.9 Å². The number of nitrogens with one attached hydrogen (secondary N) is 1. The number of benzene rings is 2. The maximum Gasteiger partial charge on any atom is 0.408 e. The van der Waals surface area contributed by atoms with Crippen molar-refractivity contribution in [1.29, 1.82) is 0 Å². The Kier molecular flexibility index (Phi) is 7.81. The first-order valence-corrected chi connectivity index (χ1v) is 15.5. The molecule has 43 heavy (non-hydrogen) atoms. The number of β-lactam (4-membered cyclic amide) rings is 1. The number of alkyl carbamates (subject to hydrolysis) is 1. The third kappa shape index (κ3) is 6.06. The van der Waals surface area contributed by atoms with Gasteiger partial charge < -0.3 is 24.6 Å². The van der Waals surface area contributed by atoms with Crippen LogP contribution in [-0.4, -0.2) is 69.3 Å². The number of nitrogens with zero attached hydrogens (tertiary/aromatic N) is 2. The number of carbonyl (C=O) groups excluding carboxylic acids is 4. The first-order chi connectivity index (χ1) is 20.6. The molecule has 10 heteroatoms. The van der Waals surface area contributed by atoms with E-state index in [-0.39, 0.29) is 5.91 Å². The summed E-state index contributed by atoms with van der Waals surface area (Å²) in [5.41, 5.74) is 2.00. The summed E-state index contributed by atoms with van der Waals surface area (Å²) in [6, 6.07) is 17.2. The van der Waals surface area contributed by atoms with Crippen molar-refractivity contribution >= 4 is 35.6 Å². The Morgan fingerprint density at radius 1 is 1.00 bits per heavy atom. The predicted octanol–water partition coefficient (Wildman–Crippen LogP) is 4.70. The molecule has 3 atom stereocenters. The van der Waals surface area contributed by atoms with Crippen molar-refractivity contribution in [3.8, 4) is 0 Å². The summed E-state index contributed by atoms with van der Waals surface area (Å²) in [6.45, 7) is 5.89. The lowest BCUT2D eigenvalue weighted by Crippen LogP contribution is -2.74. The van der Waals surface area contributed by atoms with Gasteiger partial charge in [-0.25, -0.2) is 9.59 Å². The van der Waals surface area contributed by atoms with Gasteiger partial charge in [0.25, 0.3) is 0 Å². The molecular weight excluding hydrogens is 566 g/mol. The number of thioether (sulfide) groups is 1. The van der Waals surface area contributed by atoms with Crippen molar-refractivity contribution in [2.24, 2.45) is 0 Å². The van der Waals surface area contributed by atoms with Crippen LogP contribution in [0.4, 0.5) is 4.79 Å². The van der Waals surface area contributed by atoms with Gasteiger partial charge in [0.2, 0.25) is 11.8 Å². The highest BCUT2D eigenvalue weighted by Gasteiger charge is 2.56. The molecule has 0 bridgehead atoms. The van der Waals surface area contributed by atoms with Crippen molar-refractivity contribution < 1.29 is 28.7 Å². The first-order valence-electron chi connectivity index (χ1n) is 14.6. The first kappa shape index (κ1) is 29.0. The molecule has 2 saturated heterocycles. The van der Waals surface area contributed by atoms with Crippen molar-refractivity contribution in [2.75, 3.05) is 6.54 Å². The highest BCUT2D eigenvalue weighted by atomic mass is 32.2. The average Bonchev–Trinajstić information content (AvgIpc) is 3.77. The van der Waals surface area contributed by atoms with E-state index in [1.54, 1.807) is 26.8 Å². The van der Waals surface area contributed by atoms with E-state index >= 15 is 0 Å². The lowest BCUT2D eigenvalue weighted by atomic mass is 9.95. The number of fused-ring (bicyclic) bond motifs is 1. The molecule has 3 amide bonds. The van der Waals surface area contributed by atoms with Gasteiger partial charge in [0.15, 0.2) is 12.1 Å². The molecule has 0 spiro atoms. The Labute approximate surface area is 255 Å². The van der Waals surface area contributed by atoms with Crippen LogP contribution in [0, 0.1) is 0 Å². The largest absolute Gasteiger partial charge is 0.451 e. The molecule has 0 radical (unpaired) electrons. The minimum Gasteiger partial charge on any atom is -0.451 e. The Morgan fingerprint density at radius 2 is 1.63 bits per heavy atom. The number of hydrogen-bond donors (Lipinski definition) is 1. The molecule has 3 aliphatic heterocycles. The van der Waals surface area contributed by atoms with Crippen molar-refractivity contribution in [1.82, 2.24) is 15.1 Å². The number of ether oxygens (including phenoxy) is 2. The maximum atomic E-state index is 14.2. The zero-order chi connectivity index (χ0) is 30.3. The van der Waals surface area contributed by atoms with Crippen LogP contribution in [0.15, 0.2) is 83.3 Å². The van der Waals surface area contributed by atoms with E-state index in [1.165, 1.54) is 16.7 Å². The molecule has 1 saturated carbocycles. The Balaban J connectivity index is 1.30. The zero-order valence-electron chi connectivity index (χ0n) is 24.4. The van der Waals surface area contributed by atoms with E-state index < -0.39 is 47.1 Å². The molecule has 0 aromatic heterocycles. The quantitative estimate of drug-likeness (QED) is 0.279. The minimum atomic E-state index is -1.08. The number of rotatable bonds is 7. The zero-order valence-corrected chi connectivity index (χ0v) is 25.2. The third-order valence-electron chi connectivity index (χ3n) is 7.84. The van der Waals surface area contributed by atoms with E-state index in [1.807, 2.05) is 71.0 Å². The Morgan fingerprint density at radius 3 is 2.21 bits per heavy atom. The molecule has 1 aliphatic carbocycles. The summed E-state index contributed by atoms with van der Waals surface area (Å²) >= 11 is 1.33. The molecule has 0 unspecified atom stereocenters. The van der Waals surface area contributed by atoms with E-state index in [2.05, 4.69) is 5.32 Å². The normalized spacial score (nSPS) is 24.4. The number of carbonyl (C=O) groups is 4. The lowest BCUT2D eigenvalue weighted by molar-refractivity contribution is -0.164. The van der Waals surface area contributed by atoms with Crippen LogP contribution in [0.1, 0.15) is 57.3 Å². The van der Waals surface area contributed by atoms with Crippen LogP contribution in [0.5, 0.6) is 0 Å². The van der Waals surface area contributed by atoms with Gasteiger partial charge in [-0.1, -0.05) is 60.7 Å². The van der Waals surface area contributed by atoms with Gasteiger partial charge in [0.05, 0.1) is 0 Å². The molecule has 224 valence electrons. The molecule has 6 rings (SSSR count). The molecular formula is C33H35N3O6S. The van der Waals surface area contributed by atoms with Gasteiger partial charge in [-0.05, 0) is 68.2 Å². The SMILES string of the molecule is CC(C)(C)OC(=O)N[C@@H]1C(=O)N2[C@@H](C(=O)OC(c3ccccc3)c3ccccc3)C(/C=C3/CCN(C4CC4)C3=O)=CS[C@H]12. The topological polar surface area (TPSA) is 105 Å². The number of likely N-dealkylation sites (tertiary alicyclic amines) is 1. The average molecular weight is 602 g/mol. The number of esters is 1. The fourth-order valence-electron chi connectivity index (χ4n) is 5.68.